The van der Waals surface area contributed by atoms with Gasteiger partial charge in [-0.3, -0.25) is 4.98 Å². The van der Waals surface area contributed by atoms with E-state index < -0.39 is 10.2 Å². The van der Waals surface area contributed by atoms with E-state index in [1.807, 2.05) is 25.1 Å². The number of halogens is 1. The highest BCUT2D eigenvalue weighted by Crippen LogP contribution is 2.22. The van der Waals surface area contributed by atoms with Gasteiger partial charge in [0, 0.05) is 31.7 Å². The molecule has 0 radical (unpaired) electrons. The molecule has 0 spiro atoms. The Kier molecular flexibility index (Phi) is 5.60. The molecule has 0 aliphatic carbocycles. The van der Waals surface area contributed by atoms with Gasteiger partial charge in [-0.1, -0.05) is 6.07 Å². The van der Waals surface area contributed by atoms with Crippen molar-refractivity contribution in [1.82, 2.24) is 13.6 Å². The molecule has 0 aromatic carbocycles. The quantitative estimate of drug-likeness (QED) is 0.776. The molecular weight excluding hydrogens is 310 g/mol. The summed E-state index contributed by atoms with van der Waals surface area (Å²) >= 11 is 5.84. The minimum absolute atomic E-state index is 0.291. The molecule has 1 saturated heterocycles. The SMILES string of the molecule is Cc1cccc(CN(C)S(=O)(=O)N2CCC(CCl)CC2)n1. The largest absolute Gasteiger partial charge is 0.282 e. The summed E-state index contributed by atoms with van der Waals surface area (Å²) in [5.74, 6) is 1.04. The summed E-state index contributed by atoms with van der Waals surface area (Å²) in [4.78, 5) is 4.36. The van der Waals surface area contributed by atoms with Crippen LogP contribution in [0.2, 0.25) is 0 Å². The van der Waals surface area contributed by atoms with Gasteiger partial charge in [0.05, 0.1) is 12.2 Å². The summed E-state index contributed by atoms with van der Waals surface area (Å²) < 4.78 is 28.0. The van der Waals surface area contributed by atoms with Gasteiger partial charge in [0.15, 0.2) is 0 Å². The van der Waals surface area contributed by atoms with Crippen LogP contribution in [0, 0.1) is 12.8 Å². The number of hydrogen-bond acceptors (Lipinski definition) is 3. The fourth-order valence-electron chi connectivity index (χ4n) is 2.49. The summed E-state index contributed by atoms with van der Waals surface area (Å²) in [7, 11) is -1.82. The number of pyridine rings is 1. The van der Waals surface area contributed by atoms with Crippen molar-refractivity contribution in [1.29, 1.82) is 0 Å². The molecule has 0 unspecified atom stereocenters. The van der Waals surface area contributed by atoms with E-state index in [0.29, 0.717) is 31.4 Å². The highest BCUT2D eigenvalue weighted by atomic mass is 35.5. The van der Waals surface area contributed by atoms with Crippen LogP contribution < -0.4 is 0 Å². The Bertz CT molecular complexity index is 571. The predicted octanol–water partition coefficient (Wildman–Crippen LogP) is 2.02. The molecule has 0 N–H and O–H groups in total. The standard InChI is InChI=1S/C14H22ClN3O2S/c1-12-4-3-5-14(16-12)11-17(2)21(19,20)18-8-6-13(10-15)7-9-18/h3-5,13H,6-11H2,1-2H3. The van der Waals surface area contributed by atoms with Crippen LogP contribution in [0.5, 0.6) is 0 Å². The van der Waals surface area contributed by atoms with Crippen molar-refractivity contribution in [3.8, 4) is 0 Å². The third-order valence-electron chi connectivity index (χ3n) is 3.84. The fraction of sp³-hybridized carbons (Fsp3) is 0.643. The molecule has 0 saturated carbocycles. The van der Waals surface area contributed by atoms with Gasteiger partial charge in [-0.05, 0) is 37.8 Å². The molecule has 7 heteroatoms. The molecule has 0 bridgehead atoms. The Morgan fingerprint density at radius 2 is 2.05 bits per heavy atom. The molecular formula is C14H22ClN3O2S. The number of nitrogens with zero attached hydrogens (tertiary/aromatic N) is 3. The molecule has 0 amide bonds. The van der Waals surface area contributed by atoms with Crippen LogP contribution in [0.4, 0.5) is 0 Å². The minimum atomic E-state index is -3.42. The fourth-order valence-corrected chi connectivity index (χ4v) is 4.16. The second kappa shape index (κ2) is 7.05. The van der Waals surface area contributed by atoms with E-state index in [9.17, 15) is 8.42 Å². The molecule has 1 aromatic heterocycles. The van der Waals surface area contributed by atoms with Crippen molar-refractivity contribution in [2.24, 2.45) is 5.92 Å². The predicted molar refractivity (Wildman–Crippen MR) is 84.4 cm³/mol. The van der Waals surface area contributed by atoms with Crippen LogP contribution in [0.3, 0.4) is 0 Å². The first-order valence-electron chi connectivity index (χ1n) is 7.13. The van der Waals surface area contributed by atoms with E-state index in [1.54, 1.807) is 11.4 Å². The zero-order valence-electron chi connectivity index (χ0n) is 12.5. The molecule has 5 nitrogen and oxygen atoms in total. The van der Waals surface area contributed by atoms with Crippen molar-refractivity contribution in [3.63, 3.8) is 0 Å². The molecule has 2 rings (SSSR count). The molecule has 1 aliphatic rings. The van der Waals surface area contributed by atoms with Crippen LogP contribution in [0.25, 0.3) is 0 Å². The van der Waals surface area contributed by atoms with Gasteiger partial charge in [-0.2, -0.15) is 17.0 Å². The first-order chi connectivity index (χ1) is 9.93. The topological polar surface area (TPSA) is 53.5 Å². The monoisotopic (exact) mass is 331 g/mol. The van der Waals surface area contributed by atoms with Gasteiger partial charge in [-0.15, -0.1) is 11.6 Å². The van der Waals surface area contributed by atoms with Crippen LogP contribution in [-0.2, 0) is 16.8 Å². The molecule has 118 valence electrons. The summed E-state index contributed by atoms with van der Waals surface area (Å²) in [5, 5.41) is 0. The first-order valence-corrected chi connectivity index (χ1v) is 9.06. The highest BCUT2D eigenvalue weighted by Gasteiger charge is 2.30. The van der Waals surface area contributed by atoms with Gasteiger partial charge < -0.3 is 0 Å². The molecule has 1 fully saturated rings. The zero-order valence-corrected chi connectivity index (χ0v) is 14.1. The van der Waals surface area contributed by atoms with Gasteiger partial charge in [0.25, 0.3) is 10.2 Å². The Morgan fingerprint density at radius 1 is 1.38 bits per heavy atom. The summed E-state index contributed by atoms with van der Waals surface area (Å²) in [6.07, 6.45) is 1.67. The number of aromatic nitrogens is 1. The molecule has 2 heterocycles. The Labute approximate surface area is 132 Å². The average molecular weight is 332 g/mol. The van der Waals surface area contributed by atoms with E-state index in [1.165, 1.54) is 4.31 Å². The number of aryl methyl sites for hydroxylation is 1. The lowest BCUT2D eigenvalue weighted by Crippen LogP contribution is -2.45. The lowest BCUT2D eigenvalue weighted by Gasteiger charge is -2.33. The third-order valence-corrected chi connectivity index (χ3v) is 6.21. The Hall–Kier alpha value is -0.690. The van der Waals surface area contributed by atoms with Crippen LogP contribution in [0.1, 0.15) is 24.2 Å². The van der Waals surface area contributed by atoms with Crippen molar-refractivity contribution in [2.45, 2.75) is 26.3 Å². The first kappa shape index (κ1) is 16.7. The Balaban J connectivity index is 2.02. The summed E-state index contributed by atoms with van der Waals surface area (Å²) in [6.45, 7) is 3.28. The van der Waals surface area contributed by atoms with Crippen LogP contribution >= 0.6 is 11.6 Å². The van der Waals surface area contributed by atoms with Crippen molar-refractivity contribution in [3.05, 3.63) is 29.6 Å². The third kappa shape index (κ3) is 4.16. The maximum Gasteiger partial charge on any atom is 0.282 e. The van der Waals surface area contributed by atoms with Crippen LogP contribution in [0.15, 0.2) is 18.2 Å². The van der Waals surface area contributed by atoms with Crippen molar-refractivity contribution >= 4 is 21.8 Å². The summed E-state index contributed by atoms with van der Waals surface area (Å²) in [5.41, 5.74) is 1.65. The maximum atomic E-state index is 12.6. The van der Waals surface area contributed by atoms with Gasteiger partial charge in [-0.25, -0.2) is 0 Å². The van der Waals surface area contributed by atoms with E-state index in [2.05, 4.69) is 4.98 Å². The molecule has 1 aromatic rings. The lowest BCUT2D eigenvalue weighted by atomic mass is 10.0. The number of rotatable bonds is 5. The van der Waals surface area contributed by atoms with Crippen molar-refractivity contribution in [2.75, 3.05) is 26.0 Å². The van der Waals surface area contributed by atoms with E-state index >= 15 is 0 Å². The Morgan fingerprint density at radius 3 is 2.62 bits per heavy atom. The van der Waals surface area contributed by atoms with Crippen LogP contribution in [-0.4, -0.2) is 48.0 Å². The average Bonchev–Trinajstić information content (AvgIpc) is 2.47. The molecule has 21 heavy (non-hydrogen) atoms. The summed E-state index contributed by atoms with van der Waals surface area (Å²) in [6, 6.07) is 5.64. The van der Waals surface area contributed by atoms with E-state index in [0.717, 1.165) is 24.2 Å². The normalized spacial score (nSPS) is 18.3. The molecule has 0 atom stereocenters. The van der Waals surface area contributed by atoms with E-state index in [4.69, 9.17) is 11.6 Å². The lowest BCUT2D eigenvalue weighted by molar-refractivity contribution is 0.271. The molecule has 1 aliphatic heterocycles. The number of hydrogen-bond donors (Lipinski definition) is 0. The maximum absolute atomic E-state index is 12.6. The van der Waals surface area contributed by atoms with Gasteiger partial charge >= 0.3 is 0 Å². The van der Waals surface area contributed by atoms with Gasteiger partial charge in [0.2, 0.25) is 0 Å². The second-order valence-electron chi connectivity index (χ2n) is 5.53. The van der Waals surface area contributed by atoms with Crippen molar-refractivity contribution < 1.29 is 8.42 Å². The van der Waals surface area contributed by atoms with Gasteiger partial charge in [0.1, 0.15) is 0 Å². The highest BCUT2D eigenvalue weighted by molar-refractivity contribution is 7.86. The zero-order chi connectivity index (χ0) is 15.5. The minimum Gasteiger partial charge on any atom is -0.257 e. The second-order valence-corrected chi connectivity index (χ2v) is 7.87. The number of alkyl halides is 1. The number of piperidine rings is 1. The van der Waals surface area contributed by atoms with E-state index in [-0.39, 0.29) is 0 Å². The smallest absolute Gasteiger partial charge is 0.257 e.